The molecule has 5 rings (SSSR count). The van der Waals surface area contributed by atoms with Crippen LogP contribution in [0.5, 0.6) is 5.88 Å². The summed E-state index contributed by atoms with van der Waals surface area (Å²) in [6.07, 6.45) is 1.41. The predicted octanol–water partition coefficient (Wildman–Crippen LogP) is 6.08. The van der Waals surface area contributed by atoms with E-state index in [1.54, 1.807) is 58.7 Å². The minimum absolute atomic E-state index is 0.0428. The highest BCUT2D eigenvalue weighted by molar-refractivity contribution is 7.92. The predicted molar refractivity (Wildman–Crippen MR) is 162 cm³/mol. The maximum atomic E-state index is 14.6. The first-order valence-corrected chi connectivity index (χ1v) is 15.8. The highest BCUT2D eigenvalue weighted by Crippen LogP contribution is 2.44. The van der Waals surface area contributed by atoms with Gasteiger partial charge in [-0.05, 0) is 87.9 Å². The third kappa shape index (κ3) is 5.48. The van der Waals surface area contributed by atoms with Crippen molar-refractivity contribution in [1.82, 2.24) is 19.2 Å². The van der Waals surface area contributed by atoms with Crippen molar-refractivity contribution in [2.24, 2.45) is 0 Å². The highest BCUT2D eigenvalue weighted by Gasteiger charge is 2.43. The molecule has 0 saturated heterocycles. The average Bonchev–Trinajstić information content (AvgIpc) is 3.46. The van der Waals surface area contributed by atoms with Gasteiger partial charge in [0.2, 0.25) is 0 Å². The number of hydrogen-bond acceptors (Lipinski definition) is 6. The lowest BCUT2D eigenvalue weighted by Crippen LogP contribution is -2.37. The van der Waals surface area contributed by atoms with Crippen LogP contribution in [0, 0.1) is 12.7 Å². The molecule has 222 valence electrons. The molecule has 2 aromatic carbocycles. The topological polar surface area (TPSA) is 84.2 Å². The molecule has 0 spiro atoms. The second-order valence-electron chi connectivity index (χ2n) is 10.6. The Morgan fingerprint density at radius 3 is 2.55 bits per heavy atom. The lowest BCUT2D eigenvalue weighted by atomic mass is 10.0. The van der Waals surface area contributed by atoms with Crippen LogP contribution < -0.4 is 4.74 Å². The van der Waals surface area contributed by atoms with Crippen LogP contribution in [-0.4, -0.2) is 73.6 Å². The van der Waals surface area contributed by atoms with Crippen LogP contribution >= 0.6 is 23.2 Å². The van der Waals surface area contributed by atoms with Gasteiger partial charge in [0, 0.05) is 12.1 Å². The molecule has 12 heteroatoms. The van der Waals surface area contributed by atoms with E-state index in [1.807, 2.05) is 19.0 Å². The van der Waals surface area contributed by atoms with Crippen LogP contribution in [0.4, 0.5) is 4.39 Å². The Bertz CT molecular complexity index is 1790. The number of pyridine rings is 1. The molecule has 1 amide bonds. The number of fused-ring (bicyclic) bond motifs is 2. The number of ether oxygens (including phenoxy) is 1. The monoisotopic (exact) mass is 632 g/mol. The maximum absolute atomic E-state index is 14.6. The average molecular weight is 634 g/mol. The van der Waals surface area contributed by atoms with E-state index in [2.05, 4.69) is 0 Å². The largest absolute Gasteiger partial charge is 0.482 e. The third-order valence-corrected chi connectivity index (χ3v) is 10.2. The van der Waals surface area contributed by atoms with Gasteiger partial charge in [0.25, 0.3) is 5.91 Å². The van der Waals surface area contributed by atoms with Gasteiger partial charge in [-0.1, -0.05) is 35.3 Å². The fourth-order valence-corrected chi connectivity index (χ4v) is 8.07. The SMILES string of the molecule is COc1cccc2nc(C(=O)N(CCCCN(C)C)C3CS(=O)(=O)c4c3ccc(Cl)c4Cl)c(-c3ccc(F)c(C)c3)n12. The van der Waals surface area contributed by atoms with Gasteiger partial charge in [0.1, 0.15) is 11.5 Å². The van der Waals surface area contributed by atoms with Gasteiger partial charge in [-0.15, -0.1) is 0 Å². The molecule has 0 saturated carbocycles. The summed E-state index contributed by atoms with van der Waals surface area (Å²) in [5, 5.41) is 0.0847. The first kappa shape index (κ1) is 30.3. The zero-order valence-electron chi connectivity index (χ0n) is 23.7. The zero-order valence-corrected chi connectivity index (χ0v) is 26.0. The number of aromatic nitrogens is 2. The zero-order chi connectivity index (χ0) is 30.3. The molecule has 2 aromatic heterocycles. The number of aryl methyl sites for hydroxylation is 1. The van der Waals surface area contributed by atoms with E-state index in [4.69, 9.17) is 32.9 Å². The van der Waals surface area contributed by atoms with Crippen LogP contribution in [0.3, 0.4) is 0 Å². The van der Waals surface area contributed by atoms with E-state index in [1.165, 1.54) is 13.2 Å². The van der Waals surface area contributed by atoms with E-state index in [-0.39, 0.29) is 38.7 Å². The van der Waals surface area contributed by atoms with Gasteiger partial charge in [0.05, 0.1) is 39.5 Å². The van der Waals surface area contributed by atoms with E-state index in [9.17, 15) is 17.6 Å². The summed E-state index contributed by atoms with van der Waals surface area (Å²) in [5.74, 6) is -0.729. The molecule has 8 nitrogen and oxygen atoms in total. The summed E-state index contributed by atoms with van der Waals surface area (Å²) in [5.41, 5.74) is 2.37. The second kappa shape index (κ2) is 11.8. The summed E-state index contributed by atoms with van der Waals surface area (Å²) in [7, 11) is 1.63. The summed E-state index contributed by atoms with van der Waals surface area (Å²) in [6, 6.07) is 12.2. The van der Waals surface area contributed by atoms with E-state index >= 15 is 0 Å². The Hall–Kier alpha value is -3.18. The van der Waals surface area contributed by atoms with Gasteiger partial charge in [-0.2, -0.15) is 0 Å². The number of amides is 1. The Morgan fingerprint density at radius 1 is 1.12 bits per heavy atom. The van der Waals surface area contributed by atoms with E-state index < -0.39 is 21.8 Å². The van der Waals surface area contributed by atoms with Crippen molar-refractivity contribution >= 4 is 44.6 Å². The fourth-order valence-electron chi connectivity index (χ4n) is 5.44. The Kier molecular flexibility index (Phi) is 8.53. The summed E-state index contributed by atoms with van der Waals surface area (Å²) in [6.45, 7) is 2.72. The standard InChI is InChI=1S/C30H31Cl2FN4O4S/c1-18-16-19(10-13-22(18)33)28-27(34-24-8-7-9-25(41-4)37(24)28)30(38)36(15-6-5-14-35(2)3)23-17-42(39,40)29-20(23)11-12-21(31)26(29)32/h7-13,16,23H,5-6,14-15,17H2,1-4H3. The highest BCUT2D eigenvalue weighted by atomic mass is 35.5. The van der Waals surface area contributed by atoms with Gasteiger partial charge in [0.15, 0.2) is 21.4 Å². The molecule has 1 unspecified atom stereocenters. The summed E-state index contributed by atoms with van der Waals surface area (Å²) < 4.78 is 48.3. The minimum Gasteiger partial charge on any atom is -0.482 e. The Labute approximate surface area is 254 Å². The van der Waals surface area contributed by atoms with Crippen LogP contribution in [0.15, 0.2) is 53.4 Å². The van der Waals surface area contributed by atoms with Crippen molar-refractivity contribution in [1.29, 1.82) is 0 Å². The fraction of sp³-hybridized carbons (Fsp3) is 0.333. The molecule has 1 aliphatic rings. The molecule has 4 aromatic rings. The number of benzene rings is 2. The summed E-state index contributed by atoms with van der Waals surface area (Å²) >= 11 is 12.6. The molecular weight excluding hydrogens is 602 g/mol. The number of rotatable bonds is 9. The molecule has 3 heterocycles. The van der Waals surface area contributed by atoms with Gasteiger partial charge in [-0.25, -0.2) is 17.8 Å². The second-order valence-corrected chi connectivity index (χ2v) is 13.4. The number of hydrogen-bond donors (Lipinski definition) is 0. The number of halogens is 3. The Morgan fingerprint density at radius 2 is 1.86 bits per heavy atom. The number of carbonyl (C=O) groups is 1. The normalized spacial score (nSPS) is 15.8. The lowest BCUT2D eigenvalue weighted by Gasteiger charge is -2.29. The van der Waals surface area contributed by atoms with Crippen molar-refractivity contribution < 1.29 is 22.3 Å². The van der Waals surface area contributed by atoms with Crippen molar-refractivity contribution in [3.05, 3.63) is 81.2 Å². The smallest absolute Gasteiger partial charge is 0.275 e. The van der Waals surface area contributed by atoms with Gasteiger partial charge in [-0.3, -0.25) is 9.20 Å². The first-order valence-electron chi connectivity index (χ1n) is 13.4. The Balaban J connectivity index is 1.69. The van der Waals surface area contributed by atoms with E-state index in [0.29, 0.717) is 40.3 Å². The molecule has 0 radical (unpaired) electrons. The van der Waals surface area contributed by atoms with Gasteiger partial charge >= 0.3 is 0 Å². The summed E-state index contributed by atoms with van der Waals surface area (Å²) in [4.78, 5) is 22.9. The molecule has 0 N–H and O–H groups in total. The van der Waals surface area contributed by atoms with E-state index in [0.717, 1.165) is 13.0 Å². The van der Waals surface area contributed by atoms with Crippen molar-refractivity contribution in [2.75, 3.05) is 40.0 Å². The number of carbonyl (C=O) groups excluding carboxylic acids is 1. The number of sulfone groups is 1. The number of nitrogens with zero attached hydrogens (tertiary/aromatic N) is 4. The molecule has 42 heavy (non-hydrogen) atoms. The van der Waals surface area contributed by atoms with Crippen LogP contribution in [0.1, 0.15) is 40.5 Å². The molecule has 0 aliphatic carbocycles. The van der Waals surface area contributed by atoms with Crippen LogP contribution in [0.25, 0.3) is 16.9 Å². The van der Waals surface area contributed by atoms with Crippen LogP contribution in [-0.2, 0) is 9.84 Å². The molecular formula is C30H31Cl2FN4O4S. The minimum atomic E-state index is -3.83. The molecule has 0 bridgehead atoms. The molecule has 1 aliphatic heterocycles. The molecule has 0 fully saturated rings. The number of unbranched alkanes of at least 4 members (excludes halogenated alkanes) is 1. The van der Waals surface area contributed by atoms with Crippen molar-refractivity contribution in [3.63, 3.8) is 0 Å². The van der Waals surface area contributed by atoms with Crippen molar-refractivity contribution in [3.8, 4) is 17.1 Å². The number of methoxy groups -OCH3 is 1. The lowest BCUT2D eigenvalue weighted by molar-refractivity contribution is 0.0685. The number of imidazole rings is 1. The van der Waals surface area contributed by atoms with Gasteiger partial charge < -0.3 is 14.5 Å². The quantitative estimate of drug-likeness (QED) is 0.208. The van der Waals surface area contributed by atoms with Crippen LogP contribution in [0.2, 0.25) is 10.0 Å². The third-order valence-electron chi connectivity index (χ3n) is 7.47. The van der Waals surface area contributed by atoms with Crippen molar-refractivity contribution in [2.45, 2.75) is 30.7 Å². The molecule has 1 atom stereocenters. The maximum Gasteiger partial charge on any atom is 0.275 e. The first-order chi connectivity index (χ1) is 19.9.